The quantitative estimate of drug-likeness (QED) is 0.660. The Kier molecular flexibility index (Phi) is 2.01. The molecule has 1 unspecified atom stereocenters. The predicted molar refractivity (Wildman–Crippen MR) is 73.6 cm³/mol. The fourth-order valence-electron chi connectivity index (χ4n) is 2.97. The maximum Gasteiger partial charge on any atom is 0.0795 e. The third kappa shape index (κ3) is 1.34. The Balaban J connectivity index is 2.13. The number of nitrogens with one attached hydrogen (secondary N) is 1. The largest absolute Gasteiger partial charge is 0.354 e. The average molecular weight is 245 g/mol. The highest BCUT2D eigenvalue weighted by Gasteiger charge is 2.28. The van der Waals surface area contributed by atoms with Crippen LogP contribution in [0.2, 0.25) is 0 Å². The highest BCUT2D eigenvalue weighted by atomic mass is 14.8. The molecule has 0 radical (unpaired) electrons. The normalized spacial score (nSPS) is 16.7. The van der Waals surface area contributed by atoms with Crippen molar-refractivity contribution in [3.05, 3.63) is 53.9 Å². The Morgan fingerprint density at radius 2 is 2.11 bits per heavy atom. The van der Waals surface area contributed by atoms with Gasteiger partial charge < -0.3 is 4.98 Å². The van der Waals surface area contributed by atoms with E-state index in [2.05, 4.69) is 34.2 Å². The van der Waals surface area contributed by atoms with E-state index in [4.69, 9.17) is 0 Å². The molecule has 2 heterocycles. The Labute approximate surface area is 110 Å². The van der Waals surface area contributed by atoms with Crippen LogP contribution in [0.3, 0.4) is 0 Å². The summed E-state index contributed by atoms with van der Waals surface area (Å²) in [6.07, 6.45) is 2.49. The van der Waals surface area contributed by atoms with E-state index in [0.29, 0.717) is 6.42 Å². The number of nitrogens with zero attached hydrogens (tertiary/aromatic N) is 2. The van der Waals surface area contributed by atoms with E-state index in [-0.39, 0.29) is 5.92 Å². The molecule has 0 bridgehead atoms. The molecule has 3 heteroatoms. The van der Waals surface area contributed by atoms with Gasteiger partial charge in [-0.05, 0) is 18.2 Å². The number of benzene rings is 1. The lowest BCUT2D eigenvalue weighted by molar-refractivity contribution is 0.812. The van der Waals surface area contributed by atoms with Crippen LogP contribution >= 0.6 is 0 Å². The van der Waals surface area contributed by atoms with E-state index >= 15 is 0 Å². The lowest BCUT2D eigenvalue weighted by Crippen LogP contribution is -2.10. The molecule has 2 aromatic heterocycles. The third-order valence-electron chi connectivity index (χ3n) is 3.81. The topological polar surface area (TPSA) is 52.5 Å². The van der Waals surface area contributed by atoms with Crippen LogP contribution in [0.4, 0.5) is 0 Å². The molecule has 19 heavy (non-hydrogen) atoms. The van der Waals surface area contributed by atoms with Crippen LogP contribution in [0.1, 0.15) is 17.2 Å². The summed E-state index contributed by atoms with van der Waals surface area (Å²) in [5.74, 6) is -0.117. The average Bonchev–Trinajstić information content (AvgIpc) is 2.86. The van der Waals surface area contributed by atoms with Gasteiger partial charge >= 0.3 is 0 Å². The molecule has 0 spiro atoms. The zero-order valence-corrected chi connectivity index (χ0v) is 10.2. The Bertz CT molecular complexity index is 823. The first-order valence-corrected chi connectivity index (χ1v) is 6.33. The van der Waals surface area contributed by atoms with E-state index < -0.39 is 0 Å². The van der Waals surface area contributed by atoms with Crippen LogP contribution in [0.25, 0.3) is 22.2 Å². The van der Waals surface area contributed by atoms with Crippen molar-refractivity contribution in [3.63, 3.8) is 0 Å². The molecule has 3 nitrogen and oxygen atoms in total. The van der Waals surface area contributed by atoms with E-state index in [9.17, 15) is 5.26 Å². The number of pyridine rings is 1. The number of aromatic amines is 1. The molecule has 0 amide bonds. The highest BCUT2D eigenvalue weighted by molar-refractivity contribution is 5.93. The SMILES string of the molecule is N#CC1Cc2ncccc2-c2[nH]c3ccccc3c21. The molecular weight excluding hydrogens is 234 g/mol. The van der Waals surface area contributed by atoms with Crippen LogP contribution in [-0.4, -0.2) is 9.97 Å². The van der Waals surface area contributed by atoms with Gasteiger partial charge in [0, 0.05) is 34.6 Å². The minimum absolute atomic E-state index is 0.117. The summed E-state index contributed by atoms with van der Waals surface area (Å²) in [7, 11) is 0. The van der Waals surface area contributed by atoms with Crippen molar-refractivity contribution in [2.24, 2.45) is 0 Å². The molecule has 3 aromatic rings. The Morgan fingerprint density at radius 1 is 1.21 bits per heavy atom. The number of fused-ring (bicyclic) bond motifs is 5. The number of para-hydroxylation sites is 1. The highest BCUT2D eigenvalue weighted by Crippen LogP contribution is 2.42. The number of hydrogen-bond acceptors (Lipinski definition) is 2. The lowest BCUT2D eigenvalue weighted by Gasteiger charge is -2.19. The van der Waals surface area contributed by atoms with Crippen molar-refractivity contribution in [1.82, 2.24) is 9.97 Å². The standard InChI is InChI=1S/C16H11N3/c17-9-10-8-14-12(5-3-7-18-14)16-15(10)11-4-1-2-6-13(11)19-16/h1-7,10,19H,8H2. The van der Waals surface area contributed by atoms with Gasteiger partial charge in [0.1, 0.15) is 0 Å². The van der Waals surface area contributed by atoms with Crippen molar-refractivity contribution < 1.29 is 0 Å². The molecule has 90 valence electrons. The summed E-state index contributed by atoms with van der Waals surface area (Å²) < 4.78 is 0. The summed E-state index contributed by atoms with van der Waals surface area (Å²) in [6.45, 7) is 0. The first-order valence-electron chi connectivity index (χ1n) is 6.33. The molecule has 0 saturated carbocycles. The molecule has 1 atom stereocenters. The van der Waals surface area contributed by atoms with E-state index in [1.807, 2.05) is 18.2 Å². The van der Waals surface area contributed by atoms with Gasteiger partial charge in [-0.2, -0.15) is 5.26 Å². The molecule has 1 aromatic carbocycles. The van der Waals surface area contributed by atoms with Crippen molar-refractivity contribution in [2.45, 2.75) is 12.3 Å². The molecule has 0 saturated heterocycles. The molecule has 0 aliphatic heterocycles. The van der Waals surface area contributed by atoms with Crippen LogP contribution in [-0.2, 0) is 6.42 Å². The summed E-state index contributed by atoms with van der Waals surface area (Å²) in [5, 5.41) is 10.6. The van der Waals surface area contributed by atoms with E-state index in [1.165, 1.54) is 0 Å². The predicted octanol–water partition coefficient (Wildman–Crippen LogP) is 3.39. The lowest BCUT2D eigenvalue weighted by atomic mass is 9.84. The Hall–Kier alpha value is -2.60. The van der Waals surface area contributed by atoms with Crippen molar-refractivity contribution in [3.8, 4) is 17.3 Å². The summed E-state index contributed by atoms with van der Waals surface area (Å²) in [4.78, 5) is 7.86. The maximum atomic E-state index is 9.45. The summed E-state index contributed by atoms with van der Waals surface area (Å²) in [6, 6.07) is 14.6. The van der Waals surface area contributed by atoms with Gasteiger partial charge in [-0.15, -0.1) is 0 Å². The van der Waals surface area contributed by atoms with Crippen LogP contribution in [0.15, 0.2) is 42.6 Å². The van der Waals surface area contributed by atoms with Gasteiger partial charge in [0.15, 0.2) is 0 Å². The zero-order chi connectivity index (χ0) is 12.8. The van der Waals surface area contributed by atoms with Crippen LogP contribution in [0, 0.1) is 11.3 Å². The van der Waals surface area contributed by atoms with Crippen molar-refractivity contribution >= 4 is 10.9 Å². The van der Waals surface area contributed by atoms with E-state index in [0.717, 1.165) is 33.4 Å². The van der Waals surface area contributed by atoms with E-state index in [1.54, 1.807) is 6.20 Å². The molecule has 4 rings (SSSR count). The minimum Gasteiger partial charge on any atom is -0.354 e. The fraction of sp³-hybridized carbons (Fsp3) is 0.125. The second kappa shape index (κ2) is 3.69. The fourth-order valence-corrected chi connectivity index (χ4v) is 2.97. The monoisotopic (exact) mass is 245 g/mol. The van der Waals surface area contributed by atoms with Gasteiger partial charge in [-0.3, -0.25) is 4.98 Å². The summed E-state index contributed by atoms with van der Waals surface area (Å²) >= 11 is 0. The number of H-pyrrole nitrogens is 1. The maximum absolute atomic E-state index is 9.45. The minimum atomic E-state index is -0.117. The second-order valence-corrected chi connectivity index (χ2v) is 4.84. The van der Waals surface area contributed by atoms with Crippen LogP contribution < -0.4 is 0 Å². The van der Waals surface area contributed by atoms with Gasteiger partial charge in [0.05, 0.1) is 23.4 Å². The molecule has 0 fully saturated rings. The number of hydrogen-bond donors (Lipinski definition) is 1. The molecule has 1 N–H and O–H groups in total. The third-order valence-corrected chi connectivity index (χ3v) is 3.81. The van der Waals surface area contributed by atoms with Crippen molar-refractivity contribution in [1.29, 1.82) is 5.26 Å². The van der Waals surface area contributed by atoms with Gasteiger partial charge in [-0.25, -0.2) is 0 Å². The first kappa shape index (κ1) is 10.3. The Morgan fingerprint density at radius 3 is 3.00 bits per heavy atom. The van der Waals surface area contributed by atoms with Crippen molar-refractivity contribution in [2.75, 3.05) is 0 Å². The number of aromatic nitrogens is 2. The molecule has 1 aliphatic carbocycles. The smallest absolute Gasteiger partial charge is 0.0795 e. The zero-order valence-electron chi connectivity index (χ0n) is 10.2. The van der Waals surface area contributed by atoms with Crippen LogP contribution in [0.5, 0.6) is 0 Å². The summed E-state index contributed by atoms with van der Waals surface area (Å²) in [5.41, 5.74) is 5.40. The van der Waals surface area contributed by atoms with Gasteiger partial charge in [0.25, 0.3) is 0 Å². The molecular formula is C16H11N3. The second-order valence-electron chi connectivity index (χ2n) is 4.84. The van der Waals surface area contributed by atoms with Gasteiger partial charge in [0.2, 0.25) is 0 Å². The first-order chi connectivity index (χ1) is 9.38. The number of nitriles is 1. The molecule has 1 aliphatic rings. The van der Waals surface area contributed by atoms with Gasteiger partial charge in [-0.1, -0.05) is 18.2 Å². The number of rotatable bonds is 0.